The fourth-order valence-electron chi connectivity index (χ4n) is 2.77. The Morgan fingerprint density at radius 2 is 2.00 bits per heavy atom. The van der Waals surface area contributed by atoms with Gasteiger partial charge in [-0.15, -0.1) is 0 Å². The number of benzene rings is 1. The summed E-state index contributed by atoms with van der Waals surface area (Å²) in [5.41, 5.74) is 7.34. The summed E-state index contributed by atoms with van der Waals surface area (Å²) in [7, 11) is 0. The molecule has 1 aromatic carbocycles. The lowest BCUT2D eigenvalue weighted by Crippen LogP contribution is -2.21. The third-order valence-electron chi connectivity index (χ3n) is 3.81. The van der Waals surface area contributed by atoms with Gasteiger partial charge in [0.05, 0.1) is 22.9 Å². The second kappa shape index (κ2) is 7.55. The summed E-state index contributed by atoms with van der Waals surface area (Å²) in [5.74, 6) is -0.386. The van der Waals surface area contributed by atoms with Crippen LogP contribution >= 0.6 is 11.6 Å². The Bertz CT molecular complexity index is 497. The van der Waals surface area contributed by atoms with Gasteiger partial charge in [0, 0.05) is 11.7 Å². The molecule has 4 nitrogen and oxygen atoms in total. The van der Waals surface area contributed by atoms with Crippen LogP contribution in [0, 0.1) is 0 Å². The zero-order chi connectivity index (χ0) is 15.2. The standard InChI is InChI=1S/C16H23ClN2O2/c1-2-21-16(20)13-9-11(18)10-14(17)15(13)19-12-7-5-3-4-6-8-12/h9-10,12,19H,2-8,18H2,1H3. The highest BCUT2D eigenvalue weighted by atomic mass is 35.5. The number of rotatable bonds is 4. The molecule has 0 spiro atoms. The summed E-state index contributed by atoms with van der Waals surface area (Å²) < 4.78 is 5.10. The van der Waals surface area contributed by atoms with Gasteiger partial charge in [0.1, 0.15) is 0 Å². The van der Waals surface area contributed by atoms with Gasteiger partial charge in [0.2, 0.25) is 0 Å². The van der Waals surface area contributed by atoms with Gasteiger partial charge in [-0.1, -0.05) is 37.3 Å². The van der Waals surface area contributed by atoms with Gasteiger partial charge in [-0.3, -0.25) is 0 Å². The van der Waals surface area contributed by atoms with Crippen molar-refractivity contribution in [2.75, 3.05) is 17.7 Å². The molecule has 1 aliphatic rings. The molecule has 0 unspecified atom stereocenters. The Labute approximate surface area is 131 Å². The van der Waals surface area contributed by atoms with Crippen molar-refractivity contribution in [3.63, 3.8) is 0 Å². The van der Waals surface area contributed by atoms with E-state index in [1.807, 2.05) is 0 Å². The minimum atomic E-state index is -0.386. The van der Waals surface area contributed by atoms with E-state index in [9.17, 15) is 4.79 Å². The summed E-state index contributed by atoms with van der Waals surface area (Å²) in [6.07, 6.45) is 7.17. The maximum Gasteiger partial charge on any atom is 0.340 e. The Morgan fingerprint density at radius 1 is 1.33 bits per heavy atom. The number of halogens is 1. The molecule has 0 atom stereocenters. The van der Waals surface area contributed by atoms with Crippen LogP contribution in [0.1, 0.15) is 55.8 Å². The molecular formula is C16H23ClN2O2. The molecule has 0 radical (unpaired) electrons. The van der Waals surface area contributed by atoms with Crippen LogP contribution in [0.3, 0.4) is 0 Å². The number of hydrogen-bond donors (Lipinski definition) is 2. The fourth-order valence-corrected chi connectivity index (χ4v) is 3.05. The van der Waals surface area contributed by atoms with Crippen molar-refractivity contribution in [3.8, 4) is 0 Å². The summed E-state index contributed by atoms with van der Waals surface area (Å²) in [6, 6.07) is 3.65. The molecule has 1 fully saturated rings. The third-order valence-corrected chi connectivity index (χ3v) is 4.11. The van der Waals surface area contributed by atoms with Crippen LogP contribution in [0.5, 0.6) is 0 Å². The Hall–Kier alpha value is -1.42. The average molecular weight is 311 g/mol. The lowest BCUT2D eigenvalue weighted by atomic mass is 10.1. The first-order valence-corrected chi connectivity index (χ1v) is 8.02. The minimum absolute atomic E-state index is 0.328. The monoisotopic (exact) mass is 310 g/mol. The molecule has 0 saturated heterocycles. The first-order chi connectivity index (χ1) is 10.1. The molecule has 1 aliphatic carbocycles. The van der Waals surface area contributed by atoms with Gasteiger partial charge in [-0.25, -0.2) is 4.79 Å². The number of anilines is 2. The first kappa shape index (κ1) is 16.0. The number of nitrogens with one attached hydrogen (secondary N) is 1. The molecule has 5 heteroatoms. The highest BCUT2D eigenvalue weighted by Gasteiger charge is 2.20. The van der Waals surface area contributed by atoms with E-state index >= 15 is 0 Å². The number of esters is 1. The molecule has 2 rings (SSSR count). The molecule has 0 bridgehead atoms. The Kier molecular flexibility index (Phi) is 5.74. The van der Waals surface area contributed by atoms with Crippen LogP contribution < -0.4 is 11.1 Å². The van der Waals surface area contributed by atoms with E-state index in [4.69, 9.17) is 22.1 Å². The molecule has 1 saturated carbocycles. The van der Waals surface area contributed by atoms with Crippen molar-refractivity contribution in [2.45, 2.75) is 51.5 Å². The molecule has 0 heterocycles. The van der Waals surface area contributed by atoms with Gasteiger partial charge in [-0.2, -0.15) is 0 Å². The lowest BCUT2D eigenvalue weighted by Gasteiger charge is -2.21. The zero-order valence-electron chi connectivity index (χ0n) is 12.5. The van der Waals surface area contributed by atoms with Gasteiger partial charge >= 0.3 is 5.97 Å². The Morgan fingerprint density at radius 3 is 2.62 bits per heavy atom. The molecule has 0 amide bonds. The SMILES string of the molecule is CCOC(=O)c1cc(N)cc(Cl)c1NC1CCCCCC1. The average Bonchev–Trinajstić information content (AvgIpc) is 2.70. The predicted octanol–water partition coefficient (Wildman–Crippen LogP) is 4.23. The minimum Gasteiger partial charge on any atom is -0.462 e. The normalized spacial score (nSPS) is 16.3. The zero-order valence-corrected chi connectivity index (χ0v) is 13.2. The highest BCUT2D eigenvalue weighted by molar-refractivity contribution is 6.34. The van der Waals surface area contributed by atoms with E-state index in [-0.39, 0.29) is 5.97 Å². The van der Waals surface area contributed by atoms with E-state index in [0.29, 0.717) is 34.6 Å². The number of nitrogens with two attached hydrogens (primary N) is 1. The summed E-state index contributed by atoms with van der Waals surface area (Å²) in [5, 5.41) is 3.91. The molecule has 0 aliphatic heterocycles. The second-order valence-corrected chi connectivity index (χ2v) is 5.89. The van der Waals surface area contributed by atoms with Crippen LogP contribution in [0.25, 0.3) is 0 Å². The number of ether oxygens (including phenoxy) is 1. The van der Waals surface area contributed by atoms with Crippen LogP contribution in [-0.4, -0.2) is 18.6 Å². The first-order valence-electron chi connectivity index (χ1n) is 7.64. The van der Waals surface area contributed by atoms with Crippen LogP contribution in [0.2, 0.25) is 5.02 Å². The van der Waals surface area contributed by atoms with Crippen molar-refractivity contribution >= 4 is 28.9 Å². The number of carbonyl (C=O) groups excluding carboxylic acids is 1. The molecule has 3 N–H and O–H groups in total. The topological polar surface area (TPSA) is 64.3 Å². The maximum atomic E-state index is 12.1. The summed E-state index contributed by atoms with van der Waals surface area (Å²) in [4.78, 5) is 12.1. The van der Waals surface area contributed by atoms with E-state index in [0.717, 1.165) is 12.8 Å². The lowest BCUT2D eigenvalue weighted by molar-refractivity contribution is 0.0527. The molecule has 1 aromatic rings. The Balaban J connectivity index is 2.25. The summed E-state index contributed by atoms with van der Waals surface area (Å²) in [6.45, 7) is 2.11. The van der Waals surface area contributed by atoms with Crippen LogP contribution in [0.15, 0.2) is 12.1 Å². The van der Waals surface area contributed by atoms with Crippen LogP contribution in [0.4, 0.5) is 11.4 Å². The van der Waals surface area contributed by atoms with E-state index in [2.05, 4.69) is 5.32 Å². The molecule has 0 aromatic heterocycles. The fraction of sp³-hybridized carbons (Fsp3) is 0.562. The van der Waals surface area contributed by atoms with Crippen molar-refractivity contribution in [3.05, 3.63) is 22.7 Å². The summed E-state index contributed by atoms with van der Waals surface area (Å²) >= 11 is 6.29. The highest BCUT2D eigenvalue weighted by Crippen LogP contribution is 2.32. The van der Waals surface area contributed by atoms with Gasteiger partial charge in [-0.05, 0) is 31.9 Å². The van der Waals surface area contributed by atoms with E-state index in [1.165, 1.54) is 25.7 Å². The van der Waals surface area contributed by atoms with E-state index < -0.39 is 0 Å². The van der Waals surface area contributed by atoms with Crippen molar-refractivity contribution in [1.82, 2.24) is 0 Å². The quantitative estimate of drug-likeness (QED) is 0.496. The number of hydrogen-bond acceptors (Lipinski definition) is 4. The van der Waals surface area contributed by atoms with E-state index in [1.54, 1.807) is 19.1 Å². The second-order valence-electron chi connectivity index (χ2n) is 5.48. The van der Waals surface area contributed by atoms with Crippen molar-refractivity contribution in [1.29, 1.82) is 0 Å². The number of carbonyl (C=O) groups is 1. The smallest absolute Gasteiger partial charge is 0.340 e. The van der Waals surface area contributed by atoms with Gasteiger partial charge in [0.15, 0.2) is 0 Å². The van der Waals surface area contributed by atoms with Gasteiger partial charge < -0.3 is 15.8 Å². The van der Waals surface area contributed by atoms with Crippen molar-refractivity contribution in [2.24, 2.45) is 0 Å². The van der Waals surface area contributed by atoms with Gasteiger partial charge in [0.25, 0.3) is 0 Å². The third kappa shape index (κ3) is 4.27. The maximum absolute atomic E-state index is 12.1. The molecular weight excluding hydrogens is 288 g/mol. The number of nitrogen functional groups attached to an aromatic ring is 1. The molecule has 116 valence electrons. The van der Waals surface area contributed by atoms with Crippen LogP contribution in [-0.2, 0) is 4.74 Å². The molecule has 21 heavy (non-hydrogen) atoms. The predicted molar refractivity (Wildman–Crippen MR) is 86.9 cm³/mol. The largest absolute Gasteiger partial charge is 0.462 e. The van der Waals surface area contributed by atoms with Crippen molar-refractivity contribution < 1.29 is 9.53 Å².